The molecule has 0 aromatic heterocycles. The molecule has 0 spiro atoms. The molecule has 1 aliphatic rings. The van der Waals surface area contributed by atoms with E-state index in [4.69, 9.17) is 5.73 Å². The first-order chi connectivity index (χ1) is 8.21. The Labute approximate surface area is 111 Å². The van der Waals surface area contributed by atoms with Crippen molar-refractivity contribution in [1.82, 2.24) is 10.2 Å². The number of carbonyl (C=O) groups excluding carboxylic acids is 1. The van der Waals surface area contributed by atoms with Gasteiger partial charge in [-0.25, -0.2) is 0 Å². The van der Waals surface area contributed by atoms with E-state index in [0.717, 1.165) is 25.9 Å². The Bertz CT molecular complexity index is 275. The van der Waals surface area contributed by atoms with Gasteiger partial charge in [-0.05, 0) is 32.1 Å². The van der Waals surface area contributed by atoms with Crippen molar-refractivity contribution < 1.29 is 4.79 Å². The monoisotopic (exact) mass is 255 g/mol. The van der Waals surface area contributed by atoms with Gasteiger partial charge in [0.2, 0.25) is 5.91 Å². The predicted molar refractivity (Wildman–Crippen MR) is 75.3 cm³/mol. The highest BCUT2D eigenvalue weighted by Crippen LogP contribution is 2.18. The number of likely N-dealkylation sites (tertiary alicyclic amines) is 1. The number of nitrogens with one attached hydrogen (secondary N) is 1. The van der Waals surface area contributed by atoms with Crippen molar-refractivity contribution in [3.8, 4) is 0 Å². The lowest BCUT2D eigenvalue weighted by Crippen LogP contribution is -2.54. The molecule has 1 rings (SSSR count). The van der Waals surface area contributed by atoms with Crippen molar-refractivity contribution in [2.75, 3.05) is 13.1 Å². The summed E-state index contributed by atoms with van der Waals surface area (Å²) in [4.78, 5) is 14.5. The fourth-order valence-electron chi connectivity index (χ4n) is 2.24. The van der Waals surface area contributed by atoms with Crippen molar-refractivity contribution >= 4 is 5.91 Å². The van der Waals surface area contributed by atoms with Crippen LogP contribution in [-0.2, 0) is 4.79 Å². The van der Waals surface area contributed by atoms with E-state index in [1.165, 1.54) is 0 Å². The molecule has 0 unspecified atom stereocenters. The molecule has 0 saturated carbocycles. The quantitative estimate of drug-likeness (QED) is 0.800. The van der Waals surface area contributed by atoms with E-state index >= 15 is 0 Å². The summed E-state index contributed by atoms with van der Waals surface area (Å²) in [5.41, 5.74) is 5.79. The van der Waals surface area contributed by atoms with Crippen LogP contribution in [0.4, 0.5) is 0 Å². The number of rotatable bonds is 3. The van der Waals surface area contributed by atoms with E-state index in [-0.39, 0.29) is 11.3 Å². The van der Waals surface area contributed by atoms with Gasteiger partial charge in [0.1, 0.15) is 0 Å². The smallest absolute Gasteiger partial charge is 0.237 e. The second kappa shape index (κ2) is 6.02. The van der Waals surface area contributed by atoms with Crippen molar-refractivity contribution in [2.45, 2.75) is 65.6 Å². The van der Waals surface area contributed by atoms with Gasteiger partial charge in [-0.1, -0.05) is 20.8 Å². The Morgan fingerprint density at radius 2 is 1.78 bits per heavy atom. The molecule has 4 nitrogen and oxygen atoms in total. The second-order valence-corrected chi connectivity index (χ2v) is 6.76. The molecule has 0 radical (unpaired) electrons. The van der Waals surface area contributed by atoms with Crippen LogP contribution >= 0.6 is 0 Å². The Kier molecular flexibility index (Phi) is 5.17. The fourth-order valence-corrected chi connectivity index (χ4v) is 2.24. The predicted octanol–water partition coefficient (Wildman–Crippen LogP) is 1.35. The van der Waals surface area contributed by atoms with Crippen molar-refractivity contribution in [2.24, 2.45) is 11.1 Å². The third-order valence-corrected chi connectivity index (χ3v) is 3.82. The maximum absolute atomic E-state index is 12.0. The van der Waals surface area contributed by atoms with E-state index in [1.54, 1.807) is 0 Å². The van der Waals surface area contributed by atoms with Crippen molar-refractivity contribution in [3.63, 3.8) is 0 Å². The van der Waals surface area contributed by atoms with Crippen LogP contribution in [-0.4, -0.2) is 42.0 Å². The molecule has 0 aromatic rings. The Hall–Kier alpha value is -0.610. The van der Waals surface area contributed by atoms with Crippen LogP contribution in [0.2, 0.25) is 0 Å². The van der Waals surface area contributed by atoms with Gasteiger partial charge in [0, 0.05) is 25.2 Å². The van der Waals surface area contributed by atoms with E-state index in [2.05, 4.69) is 24.1 Å². The summed E-state index contributed by atoms with van der Waals surface area (Å²) in [6.07, 6.45) is 2.06. The summed E-state index contributed by atoms with van der Waals surface area (Å²) < 4.78 is 0. The zero-order chi connectivity index (χ0) is 13.9. The van der Waals surface area contributed by atoms with E-state index in [0.29, 0.717) is 12.1 Å². The van der Waals surface area contributed by atoms with E-state index in [9.17, 15) is 4.79 Å². The van der Waals surface area contributed by atoms with Crippen LogP contribution < -0.4 is 11.1 Å². The average molecular weight is 255 g/mol. The minimum absolute atomic E-state index is 0.00880. The van der Waals surface area contributed by atoms with Gasteiger partial charge in [-0.2, -0.15) is 0 Å². The minimum Gasteiger partial charge on any atom is -0.352 e. The number of carbonyl (C=O) groups is 1. The summed E-state index contributed by atoms with van der Waals surface area (Å²) in [7, 11) is 0. The Morgan fingerprint density at radius 3 is 2.17 bits per heavy atom. The van der Waals surface area contributed by atoms with Crippen LogP contribution in [0.5, 0.6) is 0 Å². The van der Waals surface area contributed by atoms with Crippen molar-refractivity contribution in [3.05, 3.63) is 0 Å². The van der Waals surface area contributed by atoms with Gasteiger partial charge in [-0.15, -0.1) is 0 Å². The van der Waals surface area contributed by atoms with Gasteiger partial charge in [-0.3, -0.25) is 4.79 Å². The van der Waals surface area contributed by atoms with Crippen LogP contribution in [0.15, 0.2) is 0 Å². The Morgan fingerprint density at radius 1 is 1.28 bits per heavy atom. The lowest BCUT2D eigenvalue weighted by atomic mass is 9.86. The molecule has 1 amide bonds. The van der Waals surface area contributed by atoms with Crippen molar-refractivity contribution in [1.29, 1.82) is 0 Å². The summed E-state index contributed by atoms with van der Waals surface area (Å²) in [6.45, 7) is 12.6. The molecule has 1 heterocycles. The van der Waals surface area contributed by atoms with E-state index in [1.807, 2.05) is 20.8 Å². The number of amides is 1. The molecule has 1 atom stereocenters. The molecule has 1 aliphatic heterocycles. The summed E-state index contributed by atoms with van der Waals surface area (Å²) in [5.74, 6) is -0.00880. The van der Waals surface area contributed by atoms with Crippen LogP contribution in [0.25, 0.3) is 0 Å². The first-order valence-electron chi connectivity index (χ1n) is 7.02. The lowest BCUT2D eigenvalue weighted by molar-refractivity contribution is -0.125. The molecule has 0 bridgehead atoms. The van der Waals surface area contributed by atoms with Crippen LogP contribution in [0.1, 0.15) is 47.5 Å². The molecular weight excluding hydrogens is 226 g/mol. The van der Waals surface area contributed by atoms with E-state index < -0.39 is 6.04 Å². The molecular formula is C14H29N3O. The topological polar surface area (TPSA) is 58.4 Å². The molecule has 1 fully saturated rings. The van der Waals surface area contributed by atoms with Gasteiger partial charge < -0.3 is 16.0 Å². The fraction of sp³-hybridized carbons (Fsp3) is 0.929. The molecule has 1 saturated heterocycles. The normalized spacial score (nSPS) is 21.1. The highest BCUT2D eigenvalue weighted by atomic mass is 16.2. The summed E-state index contributed by atoms with van der Waals surface area (Å²) in [5, 5.41) is 3.09. The average Bonchev–Trinajstić information content (AvgIpc) is 2.27. The maximum atomic E-state index is 12.0. The molecule has 0 aliphatic carbocycles. The SMILES string of the molecule is CC(C)N1CCC(NC(=O)[C@H](N)C(C)(C)C)CC1. The summed E-state index contributed by atoms with van der Waals surface area (Å²) >= 11 is 0. The molecule has 4 heteroatoms. The third-order valence-electron chi connectivity index (χ3n) is 3.82. The second-order valence-electron chi connectivity index (χ2n) is 6.76. The zero-order valence-electron chi connectivity index (χ0n) is 12.5. The maximum Gasteiger partial charge on any atom is 0.237 e. The van der Waals surface area contributed by atoms with Gasteiger partial charge in [0.05, 0.1) is 6.04 Å². The van der Waals surface area contributed by atoms with Gasteiger partial charge in [0.15, 0.2) is 0 Å². The van der Waals surface area contributed by atoms with Gasteiger partial charge in [0.25, 0.3) is 0 Å². The number of nitrogens with zero attached hydrogens (tertiary/aromatic N) is 1. The first kappa shape index (κ1) is 15.4. The minimum atomic E-state index is -0.430. The first-order valence-corrected chi connectivity index (χ1v) is 7.02. The zero-order valence-corrected chi connectivity index (χ0v) is 12.5. The number of hydrogen-bond donors (Lipinski definition) is 2. The lowest BCUT2D eigenvalue weighted by Gasteiger charge is -2.36. The molecule has 3 N–H and O–H groups in total. The summed E-state index contributed by atoms with van der Waals surface area (Å²) in [6, 6.07) is 0.458. The number of hydrogen-bond acceptors (Lipinski definition) is 3. The standard InChI is InChI=1S/C14H29N3O/c1-10(2)17-8-6-11(7-9-17)16-13(18)12(15)14(3,4)5/h10-12H,6-9,15H2,1-5H3,(H,16,18)/t12-/m0/s1. The Balaban J connectivity index is 2.39. The highest BCUT2D eigenvalue weighted by Gasteiger charge is 2.30. The van der Waals surface area contributed by atoms with Crippen LogP contribution in [0.3, 0.4) is 0 Å². The van der Waals surface area contributed by atoms with Gasteiger partial charge >= 0.3 is 0 Å². The third kappa shape index (κ3) is 4.25. The van der Waals surface area contributed by atoms with Crippen LogP contribution in [0, 0.1) is 5.41 Å². The molecule has 0 aromatic carbocycles. The highest BCUT2D eigenvalue weighted by molar-refractivity contribution is 5.82. The number of nitrogens with two attached hydrogens (primary N) is 1. The molecule has 106 valence electrons. The number of piperidine rings is 1. The molecule has 18 heavy (non-hydrogen) atoms. The largest absolute Gasteiger partial charge is 0.352 e.